The van der Waals surface area contributed by atoms with Crippen LogP contribution in [0.3, 0.4) is 0 Å². The number of hydrogen-bond donors (Lipinski definition) is 0. The molecule has 24 heavy (non-hydrogen) atoms. The molecule has 3 aromatic carbocycles. The van der Waals surface area contributed by atoms with Gasteiger partial charge in [-0.1, -0.05) is 107 Å². The third-order valence-corrected chi connectivity index (χ3v) is 5.75. The third kappa shape index (κ3) is 3.73. The Morgan fingerprint density at radius 2 is 0.750 bits per heavy atom. The first-order valence-corrected chi connectivity index (χ1v) is 9.00. The molecule has 0 N–H and O–H groups in total. The number of hydrogen-bond acceptors (Lipinski definition) is 0. The van der Waals surface area contributed by atoms with Gasteiger partial charge in [0.05, 0.1) is 20.1 Å². The van der Waals surface area contributed by atoms with Gasteiger partial charge >= 0.3 is 0 Å². The van der Waals surface area contributed by atoms with Crippen LogP contribution in [0.4, 0.5) is 0 Å². The summed E-state index contributed by atoms with van der Waals surface area (Å²) in [6, 6.07) is 19.9. The van der Waals surface area contributed by atoms with E-state index < -0.39 is 0 Å². The molecule has 4 heteroatoms. The molecule has 0 heterocycles. The van der Waals surface area contributed by atoms with E-state index in [1.807, 2.05) is 60.7 Å². The monoisotopic (exact) mass is 394 g/mol. The molecule has 0 unspecified atom stereocenters. The summed E-state index contributed by atoms with van der Waals surface area (Å²) in [6.07, 6.45) is 1.17. The highest BCUT2D eigenvalue weighted by Gasteiger charge is 2.20. The van der Waals surface area contributed by atoms with Crippen LogP contribution in [0.1, 0.15) is 22.3 Å². The minimum absolute atomic E-state index is 0.473. The zero-order valence-corrected chi connectivity index (χ0v) is 15.7. The molecule has 0 fully saturated rings. The Labute approximate surface area is 161 Å². The molecule has 0 aliphatic heterocycles. The molecule has 0 amide bonds. The van der Waals surface area contributed by atoms with Gasteiger partial charge in [-0.15, -0.1) is 0 Å². The van der Waals surface area contributed by atoms with Crippen molar-refractivity contribution in [3.05, 3.63) is 103 Å². The fourth-order valence-electron chi connectivity index (χ4n) is 2.63. The molecule has 0 radical (unpaired) electrons. The largest absolute Gasteiger partial charge is 0.0823 e. The summed E-state index contributed by atoms with van der Waals surface area (Å²) in [5, 5.41) is 1.89. The van der Waals surface area contributed by atoms with Crippen molar-refractivity contribution in [2.45, 2.75) is 12.8 Å². The Kier molecular flexibility index (Phi) is 5.73. The molecule has 0 saturated carbocycles. The molecule has 3 aromatic rings. The van der Waals surface area contributed by atoms with Crippen LogP contribution in [0.2, 0.25) is 20.1 Å². The van der Waals surface area contributed by atoms with Crippen molar-refractivity contribution < 1.29 is 0 Å². The maximum Gasteiger partial charge on any atom is 0.0646 e. The number of rotatable bonds is 4. The highest BCUT2D eigenvalue weighted by Crippen LogP contribution is 2.42. The topological polar surface area (TPSA) is 0 Å². The van der Waals surface area contributed by atoms with Gasteiger partial charge in [-0.2, -0.15) is 0 Å². The molecule has 0 aromatic heterocycles. The smallest absolute Gasteiger partial charge is 0.0646 e. The molecular formula is C20H14Cl4. The van der Waals surface area contributed by atoms with Gasteiger partial charge in [-0.25, -0.2) is 0 Å². The minimum atomic E-state index is 0.473. The lowest BCUT2D eigenvalue weighted by molar-refractivity contribution is 1.15. The summed E-state index contributed by atoms with van der Waals surface area (Å²) in [6.45, 7) is 0. The SMILES string of the molecule is Clc1c(Cl)c(Cc2ccccc2)c(Cl)c(Cl)c1Cc1ccccc1. The Morgan fingerprint density at radius 3 is 1.04 bits per heavy atom. The number of halogens is 4. The van der Waals surface area contributed by atoms with E-state index in [9.17, 15) is 0 Å². The summed E-state index contributed by atoms with van der Waals surface area (Å²) in [7, 11) is 0. The van der Waals surface area contributed by atoms with Crippen molar-refractivity contribution >= 4 is 46.4 Å². The van der Waals surface area contributed by atoms with Crippen LogP contribution in [-0.2, 0) is 12.8 Å². The Balaban J connectivity index is 2.02. The van der Waals surface area contributed by atoms with E-state index in [-0.39, 0.29) is 0 Å². The molecule has 0 aliphatic rings. The van der Waals surface area contributed by atoms with E-state index in [1.54, 1.807) is 0 Å². The first-order valence-electron chi connectivity index (χ1n) is 7.49. The van der Waals surface area contributed by atoms with E-state index in [2.05, 4.69) is 0 Å². The summed E-state index contributed by atoms with van der Waals surface area (Å²) >= 11 is 26.1. The second-order valence-electron chi connectivity index (χ2n) is 5.54. The second-order valence-corrected chi connectivity index (χ2v) is 7.05. The highest BCUT2D eigenvalue weighted by atomic mass is 35.5. The van der Waals surface area contributed by atoms with Gasteiger partial charge < -0.3 is 0 Å². The average Bonchev–Trinajstić information content (AvgIpc) is 2.62. The van der Waals surface area contributed by atoms with E-state index in [0.717, 1.165) is 22.3 Å². The minimum Gasteiger partial charge on any atom is -0.0823 e. The Hall–Kier alpha value is -1.18. The van der Waals surface area contributed by atoms with Crippen LogP contribution in [0.5, 0.6) is 0 Å². The predicted octanol–water partition coefficient (Wildman–Crippen LogP) is 7.48. The van der Waals surface area contributed by atoms with Crippen LogP contribution in [0.15, 0.2) is 60.7 Å². The van der Waals surface area contributed by atoms with Gasteiger partial charge in [-0.3, -0.25) is 0 Å². The second kappa shape index (κ2) is 7.80. The van der Waals surface area contributed by atoms with Gasteiger partial charge in [0.2, 0.25) is 0 Å². The fraction of sp³-hybridized carbons (Fsp3) is 0.100. The predicted molar refractivity (Wildman–Crippen MR) is 105 cm³/mol. The molecule has 3 rings (SSSR count). The Morgan fingerprint density at radius 1 is 0.458 bits per heavy atom. The number of benzene rings is 3. The Bertz CT molecular complexity index is 741. The molecule has 0 atom stereocenters. The third-order valence-electron chi connectivity index (χ3n) is 3.89. The summed E-state index contributed by atoms with van der Waals surface area (Å²) in [5.41, 5.74) is 3.72. The van der Waals surface area contributed by atoms with Crippen molar-refractivity contribution in [1.82, 2.24) is 0 Å². The first-order chi connectivity index (χ1) is 11.6. The van der Waals surface area contributed by atoms with Gasteiger partial charge in [0.25, 0.3) is 0 Å². The van der Waals surface area contributed by atoms with E-state index in [4.69, 9.17) is 46.4 Å². The van der Waals surface area contributed by atoms with Gasteiger partial charge in [0.15, 0.2) is 0 Å². The fourth-order valence-corrected chi connectivity index (χ4v) is 3.83. The zero-order chi connectivity index (χ0) is 17.1. The summed E-state index contributed by atoms with van der Waals surface area (Å²) in [4.78, 5) is 0. The molecule has 122 valence electrons. The standard InChI is InChI=1S/C20H14Cl4/c21-17-15(11-13-7-3-1-4-8-13)18(22)20(24)16(19(17)23)12-14-9-5-2-6-10-14/h1-10H,11-12H2. The van der Waals surface area contributed by atoms with Crippen LogP contribution < -0.4 is 0 Å². The molecule has 0 spiro atoms. The normalized spacial score (nSPS) is 10.8. The molecule has 0 bridgehead atoms. The summed E-state index contributed by atoms with van der Waals surface area (Å²) in [5.74, 6) is 0. The van der Waals surface area contributed by atoms with Crippen molar-refractivity contribution in [1.29, 1.82) is 0 Å². The van der Waals surface area contributed by atoms with Crippen LogP contribution in [0, 0.1) is 0 Å². The lowest BCUT2D eigenvalue weighted by Crippen LogP contribution is -1.98. The maximum atomic E-state index is 6.52. The maximum absolute atomic E-state index is 6.52. The van der Waals surface area contributed by atoms with Crippen LogP contribution >= 0.6 is 46.4 Å². The van der Waals surface area contributed by atoms with Crippen molar-refractivity contribution in [2.75, 3.05) is 0 Å². The molecular weight excluding hydrogens is 382 g/mol. The van der Waals surface area contributed by atoms with E-state index in [1.165, 1.54) is 0 Å². The van der Waals surface area contributed by atoms with E-state index in [0.29, 0.717) is 32.9 Å². The lowest BCUT2D eigenvalue weighted by atomic mass is 9.99. The molecule has 0 saturated heterocycles. The van der Waals surface area contributed by atoms with Gasteiger partial charge in [-0.05, 0) is 22.3 Å². The van der Waals surface area contributed by atoms with Crippen molar-refractivity contribution in [3.8, 4) is 0 Å². The average molecular weight is 396 g/mol. The highest BCUT2D eigenvalue weighted by molar-refractivity contribution is 6.48. The first kappa shape index (κ1) is 17.6. The van der Waals surface area contributed by atoms with Crippen LogP contribution in [0.25, 0.3) is 0 Å². The van der Waals surface area contributed by atoms with E-state index >= 15 is 0 Å². The van der Waals surface area contributed by atoms with Gasteiger partial charge in [0.1, 0.15) is 0 Å². The van der Waals surface area contributed by atoms with Crippen LogP contribution in [-0.4, -0.2) is 0 Å². The molecule has 0 nitrogen and oxygen atoms in total. The molecule has 0 aliphatic carbocycles. The quantitative estimate of drug-likeness (QED) is 0.401. The lowest BCUT2D eigenvalue weighted by Gasteiger charge is -2.16. The van der Waals surface area contributed by atoms with Gasteiger partial charge in [0, 0.05) is 12.8 Å². The van der Waals surface area contributed by atoms with Crippen molar-refractivity contribution in [3.63, 3.8) is 0 Å². The van der Waals surface area contributed by atoms with Crippen molar-refractivity contribution in [2.24, 2.45) is 0 Å². The zero-order valence-electron chi connectivity index (χ0n) is 12.7. The summed E-state index contributed by atoms with van der Waals surface area (Å²) < 4.78 is 0.